The number of carboxylic acids is 1. The number of aliphatic carboxylic acids is 1. The molecule has 0 aromatic carbocycles. The minimum Gasteiger partial charge on any atom is -0.550 e. The first-order valence-electron chi connectivity index (χ1n) is 5.62. The Labute approximate surface area is 146 Å². The fourth-order valence-corrected chi connectivity index (χ4v) is 1.32. The summed E-state index contributed by atoms with van der Waals surface area (Å²) in [5.41, 5.74) is 0. The zero-order chi connectivity index (χ0) is 12.4. The summed E-state index contributed by atoms with van der Waals surface area (Å²) >= 11 is 0. The van der Waals surface area contributed by atoms with Gasteiger partial charge in [-0.25, -0.2) is 0 Å². The number of hydrogen-bond donors (Lipinski definition) is 0. The van der Waals surface area contributed by atoms with E-state index in [0.717, 1.165) is 25.7 Å². The van der Waals surface area contributed by atoms with Crippen LogP contribution in [0.1, 0.15) is 38.5 Å². The first-order valence-corrected chi connectivity index (χ1v) is 5.62. The van der Waals surface area contributed by atoms with Gasteiger partial charge in [-0.1, -0.05) is 12.5 Å². The average Bonchev–Trinajstić information content (AvgIpc) is 2.25. The number of hydrogen-bond acceptors (Lipinski definition) is 3. The number of nitrogens with zero attached hydrogens (tertiary/aromatic N) is 1. The van der Waals surface area contributed by atoms with E-state index in [1.165, 1.54) is 4.90 Å². The minimum absolute atomic E-state index is 0. The molecule has 0 saturated heterocycles. The average molecular weight is 265 g/mol. The van der Waals surface area contributed by atoms with Crippen molar-refractivity contribution in [3.05, 3.63) is 12.7 Å². The SMILES string of the molecule is C=CCCCCCC(=O)N(C)CCC(=O)[O-].[K+]. The molecule has 5 heteroatoms. The van der Waals surface area contributed by atoms with Gasteiger partial charge in [-0.2, -0.15) is 0 Å². The Bertz CT molecular complexity index is 244. The van der Waals surface area contributed by atoms with Crippen LogP contribution in [0.5, 0.6) is 0 Å². The van der Waals surface area contributed by atoms with Gasteiger partial charge in [0.05, 0.1) is 0 Å². The molecule has 1 amide bonds. The van der Waals surface area contributed by atoms with Crippen LogP contribution in [0.3, 0.4) is 0 Å². The van der Waals surface area contributed by atoms with Gasteiger partial charge in [-0.3, -0.25) is 4.79 Å². The molecule has 92 valence electrons. The summed E-state index contributed by atoms with van der Waals surface area (Å²) in [6.07, 6.45) is 6.15. The molecule has 0 N–H and O–H groups in total. The standard InChI is InChI=1S/C12H21NO3.K/c1-3-4-5-6-7-8-11(14)13(2)10-9-12(15)16;/h3H,1,4-10H2,2H3,(H,15,16);/q;+1/p-1. The molecule has 0 aromatic rings. The topological polar surface area (TPSA) is 60.4 Å². The maximum atomic E-state index is 11.5. The zero-order valence-corrected chi connectivity index (χ0v) is 14.0. The second-order valence-electron chi connectivity index (χ2n) is 3.83. The first kappa shape index (κ1) is 19.7. The summed E-state index contributed by atoms with van der Waals surface area (Å²) in [6, 6.07) is 0. The Morgan fingerprint density at radius 1 is 1.24 bits per heavy atom. The van der Waals surface area contributed by atoms with Gasteiger partial charge in [0.1, 0.15) is 0 Å². The molecule has 0 saturated carbocycles. The van der Waals surface area contributed by atoms with Crippen molar-refractivity contribution < 1.29 is 66.1 Å². The fourth-order valence-electron chi connectivity index (χ4n) is 1.32. The maximum Gasteiger partial charge on any atom is 1.00 e. The Hall–Kier alpha value is 0.316. The van der Waals surface area contributed by atoms with E-state index in [9.17, 15) is 14.7 Å². The second-order valence-corrected chi connectivity index (χ2v) is 3.83. The quantitative estimate of drug-likeness (QED) is 0.268. The van der Waals surface area contributed by atoms with Crippen LogP contribution in [-0.4, -0.2) is 30.4 Å². The predicted octanol–water partition coefficient (Wildman–Crippen LogP) is -2.27. The Balaban J connectivity index is 0. The number of carboxylic acid groups (broad SMARTS) is 1. The van der Waals surface area contributed by atoms with Crippen LogP contribution in [0.2, 0.25) is 0 Å². The number of allylic oxidation sites excluding steroid dienone is 1. The molecule has 4 nitrogen and oxygen atoms in total. The molecule has 0 radical (unpaired) electrons. The normalized spacial score (nSPS) is 9.24. The van der Waals surface area contributed by atoms with E-state index in [1.54, 1.807) is 7.05 Å². The number of carbonyl (C=O) groups is 2. The van der Waals surface area contributed by atoms with Crippen molar-refractivity contribution in [1.82, 2.24) is 4.90 Å². The van der Waals surface area contributed by atoms with Crippen LogP contribution in [-0.2, 0) is 9.59 Å². The zero-order valence-electron chi connectivity index (χ0n) is 10.9. The third-order valence-electron chi connectivity index (χ3n) is 2.38. The van der Waals surface area contributed by atoms with Crippen LogP contribution in [0, 0.1) is 0 Å². The molecule has 0 rings (SSSR count). The molecular weight excluding hydrogens is 245 g/mol. The van der Waals surface area contributed by atoms with Gasteiger partial charge < -0.3 is 14.8 Å². The number of rotatable bonds is 9. The third kappa shape index (κ3) is 12.6. The summed E-state index contributed by atoms with van der Waals surface area (Å²) in [5.74, 6) is -1.12. The van der Waals surface area contributed by atoms with Crippen molar-refractivity contribution in [2.75, 3.05) is 13.6 Å². The molecule has 0 atom stereocenters. The molecule has 0 heterocycles. The minimum atomic E-state index is -1.12. The largest absolute Gasteiger partial charge is 1.00 e. The molecule has 0 aromatic heterocycles. The van der Waals surface area contributed by atoms with Gasteiger partial charge in [0.25, 0.3) is 0 Å². The van der Waals surface area contributed by atoms with Crippen molar-refractivity contribution in [2.45, 2.75) is 38.5 Å². The van der Waals surface area contributed by atoms with Gasteiger partial charge in [0.15, 0.2) is 0 Å². The molecule has 0 aliphatic heterocycles. The number of unbranched alkanes of at least 4 members (excludes halogenated alkanes) is 3. The molecule has 0 spiro atoms. The summed E-state index contributed by atoms with van der Waals surface area (Å²) in [4.78, 5) is 23.1. The van der Waals surface area contributed by atoms with E-state index in [0.29, 0.717) is 6.42 Å². The molecule has 0 bridgehead atoms. The van der Waals surface area contributed by atoms with Gasteiger partial charge in [0.2, 0.25) is 5.91 Å². The van der Waals surface area contributed by atoms with Gasteiger partial charge >= 0.3 is 51.4 Å². The van der Waals surface area contributed by atoms with Crippen molar-refractivity contribution in [1.29, 1.82) is 0 Å². The van der Waals surface area contributed by atoms with Crippen LogP contribution in [0.15, 0.2) is 12.7 Å². The summed E-state index contributed by atoms with van der Waals surface area (Å²) in [5, 5.41) is 10.2. The van der Waals surface area contributed by atoms with Crippen LogP contribution in [0.25, 0.3) is 0 Å². The van der Waals surface area contributed by atoms with Crippen molar-refractivity contribution in [2.24, 2.45) is 0 Å². The van der Waals surface area contributed by atoms with E-state index >= 15 is 0 Å². The Kier molecular flexibility index (Phi) is 14.8. The van der Waals surface area contributed by atoms with E-state index < -0.39 is 5.97 Å². The van der Waals surface area contributed by atoms with Gasteiger partial charge in [0, 0.05) is 32.4 Å². The fraction of sp³-hybridized carbons (Fsp3) is 0.667. The smallest absolute Gasteiger partial charge is 0.550 e. The second kappa shape index (κ2) is 12.8. The van der Waals surface area contributed by atoms with Crippen molar-refractivity contribution in [3.63, 3.8) is 0 Å². The van der Waals surface area contributed by atoms with E-state index in [2.05, 4.69) is 6.58 Å². The summed E-state index contributed by atoms with van der Waals surface area (Å²) in [7, 11) is 1.62. The third-order valence-corrected chi connectivity index (χ3v) is 2.38. The maximum absolute atomic E-state index is 11.5. The Morgan fingerprint density at radius 3 is 2.41 bits per heavy atom. The van der Waals surface area contributed by atoms with Crippen LogP contribution in [0.4, 0.5) is 0 Å². The van der Waals surface area contributed by atoms with Crippen LogP contribution < -0.4 is 56.5 Å². The summed E-state index contributed by atoms with van der Waals surface area (Å²) in [6.45, 7) is 3.86. The first-order chi connectivity index (χ1) is 7.57. The number of carbonyl (C=O) groups excluding carboxylic acids is 2. The Morgan fingerprint density at radius 2 is 1.88 bits per heavy atom. The van der Waals surface area contributed by atoms with Crippen molar-refractivity contribution >= 4 is 11.9 Å². The van der Waals surface area contributed by atoms with Gasteiger partial charge in [-0.05, 0) is 19.3 Å². The predicted molar refractivity (Wildman–Crippen MR) is 60.5 cm³/mol. The molecule has 0 aliphatic rings. The number of amides is 1. The van der Waals surface area contributed by atoms with Gasteiger partial charge in [-0.15, -0.1) is 6.58 Å². The van der Waals surface area contributed by atoms with Crippen molar-refractivity contribution in [3.8, 4) is 0 Å². The monoisotopic (exact) mass is 265 g/mol. The molecule has 0 unspecified atom stereocenters. The van der Waals surface area contributed by atoms with Crippen LogP contribution >= 0.6 is 0 Å². The van der Waals surface area contributed by atoms with E-state index in [1.807, 2.05) is 6.08 Å². The van der Waals surface area contributed by atoms with E-state index in [4.69, 9.17) is 0 Å². The molecule has 0 aliphatic carbocycles. The summed E-state index contributed by atoms with van der Waals surface area (Å²) < 4.78 is 0. The molecule has 17 heavy (non-hydrogen) atoms. The van der Waals surface area contributed by atoms with E-state index in [-0.39, 0.29) is 70.3 Å². The molecule has 0 fully saturated rings. The molecular formula is C12H20KNO3.